The van der Waals surface area contributed by atoms with Crippen LogP contribution in [0, 0.1) is 0 Å². The summed E-state index contributed by atoms with van der Waals surface area (Å²) < 4.78 is 2.04. The Morgan fingerprint density at radius 1 is 1.13 bits per heavy atom. The van der Waals surface area contributed by atoms with Crippen LogP contribution in [-0.4, -0.2) is 32.8 Å². The molecule has 0 spiro atoms. The van der Waals surface area contributed by atoms with E-state index in [1.165, 1.54) is 10.4 Å². The summed E-state index contributed by atoms with van der Waals surface area (Å²) >= 11 is 1.78. The monoisotopic (exact) mass is 325 g/mol. The van der Waals surface area contributed by atoms with E-state index in [9.17, 15) is 0 Å². The molecule has 1 aliphatic heterocycles. The number of hydrogen-bond acceptors (Lipinski definition) is 5. The summed E-state index contributed by atoms with van der Waals surface area (Å²) in [6.45, 7) is 2.05. The van der Waals surface area contributed by atoms with E-state index in [0.29, 0.717) is 5.92 Å². The van der Waals surface area contributed by atoms with Gasteiger partial charge in [-0.1, -0.05) is 41.7 Å². The van der Waals surface area contributed by atoms with Crippen molar-refractivity contribution in [1.82, 2.24) is 19.7 Å². The van der Waals surface area contributed by atoms with Crippen molar-refractivity contribution < 1.29 is 0 Å². The fourth-order valence-electron chi connectivity index (χ4n) is 3.14. The summed E-state index contributed by atoms with van der Waals surface area (Å²) in [7, 11) is 2.02. The Bertz CT molecular complexity index is 771. The molecule has 1 aromatic carbocycles. The van der Waals surface area contributed by atoms with Gasteiger partial charge in [-0.05, 0) is 18.4 Å². The molecule has 0 radical (unpaired) electrons. The van der Waals surface area contributed by atoms with Crippen molar-refractivity contribution in [3.63, 3.8) is 0 Å². The quantitative estimate of drug-likeness (QED) is 0.741. The average Bonchev–Trinajstić information content (AvgIpc) is 3.25. The third kappa shape index (κ3) is 2.86. The minimum absolute atomic E-state index is 0.507. The van der Waals surface area contributed by atoms with Crippen molar-refractivity contribution >= 4 is 16.5 Å². The molecule has 4 rings (SSSR count). The first-order valence-corrected chi connectivity index (χ1v) is 8.73. The number of nitrogens with zero attached hydrogens (tertiary/aromatic N) is 5. The second kappa shape index (κ2) is 6.12. The number of thiazole rings is 1. The van der Waals surface area contributed by atoms with Gasteiger partial charge in [0.15, 0.2) is 5.13 Å². The lowest BCUT2D eigenvalue weighted by atomic mass is 9.96. The van der Waals surface area contributed by atoms with Crippen LogP contribution in [0.1, 0.15) is 24.6 Å². The van der Waals surface area contributed by atoms with Crippen LogP contribution in [-0.2, 0) is 7.05 Å². The first-order valence-electron chi connectivity index (χ1n) is 7.91. The van der Waals surface area contributed by atoms with Crippen molar-refractivity contribution in [3.05, 3.63) is 48.7 Å². The lowest BCUT2D eigenvalue weighted by molar-refractivity contribution is 0.474. The van der Waals surface area contributed by atoms with Crippen molar-refractivity contribution in [2.24, 2.45) is 7.05 Å². The lowest BCUT2D eigenvalue weighted by Gasteiger charge is -2.31. The molecule has 0 bridgehead atoms. The molecule has 2 aromatic heterocycles. The molecule has 0 saturated carbocycles. The number of aromatic nitrogens is 4. The van der Waals surface area contributed by atoms with Gasteiger partial charge in [0.05, 0.1) is 4.88 Å². The highest BCUT2D eigenvalue weighted by molar-refractivity contribution is 7.18. The topological polar surface area (TPSA) is 46.8 Å². The van der Waals surface area contributed by atoms with E-state index in [0.717, 1.165) is 36.9 Å². The summed E-state index contributed by atoms with van der Waals surface area (Å²) in [4.78, 5) is 8.26. The maximum Gasteiger partial charge on any atom is 0.185 e. The van der Waals surface area contributed by atoms with Crippen LogP contribution in [0.3, 0.4) is 0 Å². The summed E-state index contributed by atoms with van der Waals surface area (Å²) in [6, 6.07) is 10.5. The van der Waals surface area contributed by atoms with Gasteiger partial charge in [0, 0.05) is 32.3 Å². The highest BCUT2D eigenvalue weighted by Crippen LogP contribution is 2.34. The third-order valence-electron chi connectivity index (χ3n) is 4.43. The molecule has 0 unspecified atom stereocenters. The Labute approximate surface area is 139 Å². The van der Waals surface area contributed by atoms with Gasteiger partial charge in [-0.3, -0.25) is 0 Å². The Morgan fingerprint density at radius 2 is 1.91 bits per heavy atom. The molecule has 118 valence electrons. The predicted octanol–water partition coefficient (Wildman–Crippen LogP) is 3.32. The minimum Gasteiger partial charge on any atom is -0.348 e. The highest BCUT2D eigenvalue weighted by Gasteiger charge is 2.25. The van der Waals surface area contributed by atoms with Gasteiger partial charge in [-0.15, -0.1) is 10.2 Å². The van der Waals surface area contributed by atoms with Crippen molar-refractivity contribution in [1.29, 1.82) is 0 Å². The van der Waals surface area contributed by atoms with E-state index in [4.69, 9.17) is 0 Å². The molecule has 1 aliphatic rings. The maximum absolute atomic E-state index is 4.63. The van der Waals surface area contributed by atoms with Gasteiger partial charge in [-0.2, -0.15) is 0 Å². The minimum atomic E-state index is 0.507. The van der Waals surface area contributed by atoms with Crippen LogP contribution in [0.4, 0.5) is 5.13 Å². The standard InChI is InChI=1S/C17H19N5S/c1-21-12-19-20-16(21)14-7-9-22(10-8-14)17-18-11-15(23-17)13-5-3-2-4-6-13/h2-6,11-12,14H,7-10H2,1H3. The molecule has 6 heteroatoms. The Morgan fingerprint density at radius 3 is 2.61 bits per heavy atom. The Kier molecular flexibility index (Phi) is 3.83. The van der Waals surface area contributed by atoms with Crippen LogP contribution in [0.2, 0.25) is 0 Å². The second-order valence-corrected chi connectivity index (χ2v) is 6.94. The van der Waals surface area contributed by atoms with E-state index < -0.39 is 0 Å². The number of rotatable bonds is 3. The van der Waals surface area contributed by atoms with Crippen LogP contribution in [0.15, 0.2) is 42.9 Å². The zero-order valence-corrected chi connectivity index (χ0v) is 13.9. The molecule has 1 saturated heterocycles. The van der Waals surface area contributed by atoms with Gasteiger partial charge in [0.25, 0.3) is 0 Å². The van der Waals surface area contributed by atoms with E-state index in [1.54, 1.807) is 17.7 Å². The molecule has 23 heavy (non-hydrogen) atoms. The number of benzene rings is 1. The SMILES string of the molecule is Cn1cnnc1C1CCN(c2ncc(-c3ccccc3)s2)CC1. The number of piperidine rings is 1. The van der Waals surface area contributed by atoms with E-state index in [-0.39, 0.29) is 0 Å². The predicted molar refractivity (Wildman–Crippen MR) is 92.7 cm³/mol. The maximum atomic E-state index is 4.63. The highest BCUT2D eigenvalue weighted by atomic mass is 32.1. The van der Waals surface area contributed by atoms with Gasteiger partial charge < -0.3 is 9.47 Å². The molecule has 1 fully saturated rings. The molecule has 0 amide bonds. The molecule has 3 heterocycles. The molecule has 0 aliphatic carbocycles. The normalized spacial score (nSPS) is 16.0. The summed E-state index contributed by atoms with van der Waals surface area (Å²) in [5.41, 5.74) is 1.24. The molecule has 5 nitrogen and oxygen atoms in total. The summed E-state index contributed by atoms with van der Waals surface area (Å²) in [5, 5.41) is 9.39. The Balaban J connectivity index is 1.45. The molecular weight excluding hydrogens is 306 g/mol. The zero-order chi connectivity index (χ0) is 15.6. The Hall–Kier alpha value is -2.21. The molecule has 0 atom stereocenters. The van der Waals surface area contributed by atoms with Crippen LogP contribution < -0.4 is 4.90 Å². The molecule has 0 N–H and O–H groups in total. The molecular formula is C17H19N5S. The molecule has 3 aromatic rings. The van der Waals surface area contributed by atoms with Crippen molar-refractivity contribution in [2.45, 2.75) is 18.8 Å². The largest absolute Gasteiger partial charge is 0.348 e. The van der Waals surface area contributed by atoms with Crippen molar-refractivity contribution in [3.8, 4) is 10.4 Å². The van der Waals surface area contributed by atoms with Gasteiger partial charge >= 0.3 is 0 Å². The third-order valence-corrected chi connectivity index (χ3v) is 5.54. The lowest BCUT2D eigenvalue weighted by Crippen LogP contribution is -2.33. The van der Waals surface area contributed by atoms with Crippen LogP contribution >= 0.6 is 11.3 Å². The first kappa shape index (κ1) is 14.4. The van der Waals surface area contributed by atoms with Crippen molar-refractivity contribution in [2.75, 3.05) is 18.0 Å². The second-order valence-electron chi connectivity index (χ2n) is 5.93. The van der Waals surface area contributed by atoms with Crippen LogP contribution in [0.25, 0.3) is 10.4 Å². The summed E-state index contributed by atoms with van der Waals surface area (Å²) in [6.07, 6.45) is 5.98. The first-order chi connectivity index (χ1) is 11.3. The zero-order valence-electron chi connectivity index (χ0n) is 13.1. The smallest absolute Gasteiger partial charge is 0.185 e. The van der Waals surface area contributed by atoms with E-state index in [1.807, 2.05) is 23.9 Å². The van der Waals surface area contributed by atoms with E-state index in [2.05, 4.69) is 44.3 Å². The number of anilines is 1. The van der Waals surface area contributed by atoms with Crippen LogP contribution in [0.5, 0.6) is 0 Å². The summed E-state index contributed by atoms with van der Waals surface area (Å²) in [5.74, 6) is 1.61. The van der Waals surface area contributed by atoms with Gasteiger partial charge in [-0.25, -0.2) is 4.98 Å². The average molecular weight is 325 g/mol. The fourth-order valence-corrected chi connectivity index (χ4v) is 4.11. The fraction of sp³-hybridized carbons (Fsp3) is 0.353. The number of hydrogen-bond donors (Lipinski definition) is 0. The van der Waals surface area contributed by atoms with Gasteiger partial charge in [0.2, 0.25) is 0 Å². The number of aryl methyl sites for hydroxylation is 1. The van der Waals surface area contributed by atoms with Gasteiger partial charge in [0.1, 0.15) is 12.2 Å². The van der Waals surface area contributed by atoms with E-state index >= 15 is 0 Å².